The van der Waals surface area contributed by atoms with E-state index >= 15 is 0 Å². The molecule has 6 heteroatoms. The van der Waals surface area contributed by atoms with Crippen LogP contribution in [-0.2, 0) is 11.3 Å². The molecule has 28 heavy (non-hydrogen) atoms. The zero-order valence-electron chi connectivity index (χ0n) is 17.2. The van der Waals surface area contributed by atoms with Gasteiger partial charge in [-0.3, -0.25) is 9.80 Å². The van der Waals surface area contributed by atoms with Crippen LogP contribution >= 0.6 is 0 Å². The van der Waals surface area contributed by atoms with Gasteiger partial charge in [-0.2, -0.15) is 0 Å². The fourth-order valence-corrected chi connectivity index (χ4v) is 3.87. The smallest absolute Gasteiger partial charge is 0.161 e. The molecule has 1 N–H and O–H groups in total. The number of methoxy groups -OCH3 is 1. The maximum atomic E-state index is 10.4. The van der Waals surface area contributed by atoms with E-state index in [1.165, 1.54) is 5.56 Å². The Hall–Kier alpha value is -1.60. The quantitative estimate of drug-likeness (QED) is 0.653. The van der Waals surface area contributed by atoms with Gasteiger partial charge in [0.05, 0.1) is 7.11 Å². The van der Waals surface area contributed by atoms with Gasteiger partial charge in [-0.05, 0) is 44.0 Å². The molecule has 1 aromatic rings. The molecule has 156 valence electrons. The summed E-state index contributed by atoms with van der Waals surface area (Å²) in [6, 6.07) is 6.62. The van der Waals surface area contributed by atoms with Crippen molar-refractivity contribution in [1.29, 1.82) is 0 Å². The topological polar surface area (TPSA) is 54.4 Å². The first-order valence-corrected chi connectivity index (χ1v) is 10.3. The standard InChI is InChI=1S/C22H34N2O4/c1-23(19-8-12-27-13-9-19)15-18-6-7-21(26-2)22(14-18)28-17-20(25)16-24-10-4-3-5-11-24/h3-4,6-7,14,19-20,25H,5,8-13,15-17H2,1-2H3. The Kier molecular flexibility index (Phi) is 8.15. The highest BCUT2D eigenvalue weighted by atomic mass is 16.5. The van der Waals surface area contributed by atoms with Gasteiger partial charge in [0.2, 0.25) is 0 Å². The summed E-state index contributed by atoms with van der Waals surface area (Å²) in [5.74, 6) is 1.39. The van der Waals surface area contributed by atoms with Crippen LogP contribution in [-0.4, -0.2) is 80.7 Å². The number of hydrogen-bond acceptors (Lipinski definition) is 6. The van der Waals surface area contributed by atoms with E-state index in [2.05, 4.69) is 35.1 Å². The minimum absolute atomic E-state index is 0.260. The van der Waals surface area contributed by atoms with Crippen molar-refractivity contribution in [2.75, 3.05) is 53.6 Å². The maximum absolute atomic E-state index is 10.4. The molecular formula is C22H34N2O4. The summed E-state index contributed by atoms with van der Waals surface area (Å²) < 4.78 is 16.9. The Morgan fingerprint density at radius 1 is 1.25 bits per heavy atom. The molecule has 0 bridgehead atoms. The van der Waals surface area contributed by atoms with Crippen LogP contribution in [0.3, 0.4) is 0 Å². The summed E-state index contributed by atoms with van der Waals surface area (Å²) in [7, 11) is 3.81. The lowest BCUT2D eigenvalue weighted by Crippen LogP contribution is -2.37. The van der Waals surface area contributed by atoms with Gasteiger partial charge < -0.3 is 19.3 Å². The molecule has 2 heterocycles. The van der Waals surface area contributed by atoms with E-state index in [4.69, 9.17) is 14.2 Å². The van der Waals surface area contributed by atoms with Crippen molar-refractivity contribution < 1.29 is 19.3 Å². The third-order valence-electron chi connectivity index (χ3n) is 5.52. The van der Waals surface area contributed by atoms with Crippen LogP contribution in [0.4, 0.5) is 0 Å². The van der Waals surface area contributed by atoms with E-state index in [1.807, 2.05) is 12.1 Å². The second kappa shape index (κ2) is 10.8. The van der Waals surface area contributed by atoms with Crippen molar-refractivity contribution in [3.8, 4) is 11.5 Å². The van der Waals surface area contributed by atoms with E-state index in [1.54, 1.807) is 7.11 Å². The second-order valence-corrected chi connectivity index (χ2v) is 7.73. The molecule has 0 amide bonds. The third-order valence-corrected chi connectivity index (χ3v) is 5.52. The van der Waals surface area contributed by atoms with Crippen LogP contribution in [0.2, 0.25) is 0 Å². The van der Waals surface area contributed by atoms with Crippen LogP contribution in [0.1, 0.15) is 24.8 Å². The first kappa shape index (κ1) is 21.1. The fourth-order valence-electron chi connectivity index (χ4n) is 3.87. The van der Waals surface area contributed by atoms with E-state index in [-0.39, 0.29) is 6.61 Å². The van der Waals surface area contributed by atoms with Crippen LogP contribution < -0.4 is 9.47 Å². The Balaban J connectivity index is 1.55. The highest BCUT2D eigenvalue weighted by Gasteiger charge is 2.19. The highest BCUT2D eigenvalue weighted by molar-refractivity contribution is 5.43. The third kappa shape index (κ3) is 6.21. The van der Waals surface area contributed by atoms with Gasteiger partial charge in [-0.1, -0.05) is 18.2 Å². The van der Waals surface area contributed by atoms with Gasteiger partial charge in [0.1, 0.15) is 12.7 Å². The average Bonchev–Trinajstić information content (AvgIpc) is 2.73. The maximum Gasteiger partial charge on any atom is 0.161 e. The summed E-state index contributed by atoms with van der Waals surface area (Å²) in [5.41, 5.74) is 1.18. The van der Waals surface area contributed by atoms with E-state index in [0.29, 0.717) is 24.1 Å². The van der Waals surface area contributed by atoms with Gasteiger partial charge in [-0.15, -0.1) is 0 Å². The predicted octanol–water partition coefficient (Wildman–Crippen LogP) is 2.31. The molecule has 1 fully saturated rings. The number of hydrogen-bond donors (Lipinski definition) is 1. The lowest BCUT2D eigenvalue weighted by Gasteiger charge is -2.31. The Bertz CT molecular complexity index is 631. The molecule has 0 saturated carbocycles. The summed E-state index contributed by atoms with van der Waals surface area (Å²) >= 11 is 0. The normalized spacial score (nSPS) is 19.7. The van der Waals surface area contributed by atoms with E-state index in [9.17, 15) is 5.11 Å². The van der Waals surface area contributed by atoms with Crippen molar-refractivity contribution in [3.05, 3.63) is 35.9 Å². The molecule has 0 spiro atoms. The Morgan fingerprint density at radius 2 is 2.07 bits per heavy atom. The van der Waals surface area contributed by atoms with Gasteiger partial charge in [-0.25, -0.2) is 0 Å². The first-order valence-electron chi connectivity index (χ1n) is 10.3. The van der Waals surface area contributed by atoms with Gasteiger partial charge in [0.15, 0.2) is 11.5 Å². The number of aliphatic hydroxyl groups is 1. The lowest BCUT2D eigenvalue weighted by atomic mass is 10.1. The number of β-amino-alcohol motifs (C(OH)–C–C–N with tert-alkyl or cyclic N) is 1. The van der Waals surface area contributed by atoms with Crippen LogP contribution in [0.15, 0.2) is 30.4 Å². The lowest BCUT2D eigenvalue weighted by molar-refractivity contribution is 0.0406. The van der Waals surface area contributed by atoms with Crippen molar-refractivity contribution >= 4 is 0 Å². The minimum Gasteiger partial charge on any atom is -0.493 e. The van der Waals surface area contributed by atoms with Crippen LogP contribution in [0.25, 0.3) is 0 Å². The summed E-state index contributed by atoms with van der Waals surface area (Å²) in [4.78, 5) is 4.62. The minimum atomic E-state index is -0.523. The molecule has 2 aliphatic rings. The number of nitrogens with zero attached hydrogens (tertiary/aromatic N) is 2. The summed E-state index contributed by atoms with van der Waals surface area (Å²) in [6.07, 6.45) is 7.02. The van der Waals surface area contributed by atoms with Crippen LogP contribution in [0.5, 0.6) is 11.5 Å². The number of ether oxygens (including phenoxy) is 3. The molecular weight excluding hydrogens is 356 g/mol. The first-order chi connectivity index (χ1) is 13.7. The van der Waals surface area contributed by atoms with Crippen molar-refractivity contribution in [2.45, 2.75) is 38.0 Å². The monoisotopic (exact) mass is 390 g/mol. The number of aliphatic hydroxyl groups excluding tert-OH is 1. The van der Waals surface area contributed by atoms with Crippen LogP contribution in [0, 0.1) is 0 Å². The van der Waals surface area contributed by atoms with Gasteiger partial charge in [0, 0.05) is 45.4 Å². The fraction of sp³-hybridized carbons (Fsp3) is 0.636. The van der Waals surface area contributed by atoms with E-state index < -0.39 is 6.10 Å². The molecule has 2 aliphatic heterocycles. The highest BCUT2D eigenvalue weighted by Crippen LogP contribution is 2.29. The van der Waals surface area contributed by atoms with Gasteiger partial charge in [0.25, 0.3) is 0 Å². The Morgan fingerprint density at radius 3 is 2.79 bits per heavy atom. The molecule has 3 rings (SSSR count). The molecule has 0 aliphatic carbocycles. The molecule has 1 unspecified atom stereocenters. The van der Waals surface area contributed by atoms with Crippen molar-refractivity contribution in [2.24, 2.45) is 0 Å². The zero-order chi connectivity index (χ0) is 19.8. The largest absolute Gasteiger partial charge is 0.493 e. The number of benzene rings is 1. The molecule has 0 aromatic heterocycles. The summed E-state index contributed by atoms with van der Waals surface area (Å²) in [5, 5.41) is 10.4. The zero-order valence-corrected chi connectivity index (χ0v) is 17.2. The molecule has 1 saturated heterocycles. The van der Waals surface area contributed by atoms with Crippen molar-refractivity contribution in [3.63, 3.8) is 0 Å². The molecule has 0 radical (unpaired) electrons. The summed E-state index contributed by atoms with van der Waals surface area (Å²) in [6.45, 7) is 5.31. The molecule has 1 aromatic carbocycles. The predicted molar refractivity (Wildman–Crippen MR) is 110 cm³/mol. The molecule has 1 atom stereocenters. The number of rotatable bonds is 9. The molecule has 6 nitrogen and oxygen atoms in total. The van der Waals surface area contributed by atoms with Crippen molar-refractivity contribution in [1.82, 2.24) is 9.80 Å². The second-order valence-electron chi connectivity index (χ2n) is 7.73. The Labute approximate surface area is 168 Å². The SMILES string of the molecule is COc1ccc(CN(C)C2CCOCC2)cc1OCC(O)CN1CC=CCC1. The van der Waals surface area contributed by atoms with E-state index in [0.717, 1.165) is 52.1 Å². The van der Waals surface area contributed by atoms with Gasteiger partial charge >= 0.3 is 0 Å². The average molecular weight is 391 g/mol.